The van der Waals surface area contributed by atoms with Crippen molar-refractivity contribution < 1.29 is 0 Å². The minimum Gasteiger partial charge on any atom is -0.0656 e. The molecule has 238 valence electrons. The van der Waals surface area contributed by atoms with Crippen LogP contribution in [0.25, 0.3) is 44.5 Å². The average Bonchev–Trinajstić information content (AvgIpc) is 3.06. The molecular formula is C44H54Si2. The Balaban J connectivity index is 1.49. The van der Waals surface area contributed by atoms with Gasteiger partial charge >= 0.3 is 0 Å². The van der Waals surface area contributed by atoms with Gasteiger partial charge in [-0.25, -0.2) is 0 Å². The quantitative estimate of drug-likeness (QED) is 0.119. The Morgan fingerprint density at radius 2 is 0.630 bits per heavy atom. The van der Waals surface area contributed by atoms with E-state index in [0.717, 1.165) is 12.8 Å². The summed E-state index contributed by atoms with van der Waals surface area (Å²) in [5.41, 5.74) is 13.6. The molecule has 5 aromatic rings. The van der Waals surface area contributed by atoms with Crippen molar-refractivity contribution in [3.05, 3.63) is 120 Å². The molecule has 0 N–H and O–H groups in total. The highest BCUT2D eigenvalue weighted by Crippen LogP contribution is 2.36. The molecule has 2 heteroatoms. The summed E-state index contributed by atoms with van der Waals surface area (Å²) in [6.07, 6.45) is 7.01. The van der Waals surface area contributed by atoms with E-state index in [1.54, 1.807) is 0 Å². The highest BCUT2D eigenvalue weighted by atomic mass is 28.3. The Morgan fingerprint density at radius 3 is 0.891 bits per heavy atom. The van der Waals surface area contributed by atoms with Crippen LogP contribution in [0, 0.1) is 0 Å². The third-order valence-corrected chi connectivity index (χ3v) is 13.6. The molecule has 0 aliphatic carbocycles. The molecule has 0 fully saturated rings. The first-order valence-electron chi connectivity index (χ1n) is 17.6. The Kier molecular flexibility index (Phi) is 10.7. The van der Waals surface area contributed by atoms with Crippen LogP contribution in [0.15, 0.2) is 109 Å². The van der Waals surface area contributed by atoms with Crippen molar-refractivity contribution in [1.82, 2.24) is 0 Å². The van der Waals surface area contributed by atoms with Crippen LogP contribution in [-0.4, -0.2) is 16.1 Å². The van der Waals surface area contributed by atoms with Gasteiger partial charge in [-0.2, -0.15) is 0 Å². The second-order valence-electron chi connectivity index (χ2n) is 15.2. The van der Waals surface area contributed by atoms with Crippen LogP contribution in [0.5, 0.6) is 0 Å². The summed E-state index contributed by atoms with van der Waals surface area (Å²) >= 11 is 0. The summed E-state index contributed by atoms with van der Waals surface area (Å²) in [5, 5.41) is 3.03. The van der Waals surface area contributed by atoms with Crippen LogP contribution in [0.3, 0.4) is 0 Å². The van der Waals surface area contributed by atoms with Crippen LogP contribution in [-0.2, 0) is 12.8 Å². The van der Waals surface area contributed by atoms with E-state index in [0.29, 0.717) is 0 Å². The van der Waals surface area contributed by atoms with Crippen molar-refractivity contribution in [3.8, 4) is 44.5 Å². The van der Waals surface area contributed by atoms with Crippen molar-refractivity contribution in [1.29, 1.82) is 0 Å². The second-order valence-corrected chi connectivity index (χ2v) is 25.3. The zero-order valence-corrected chi connectivity index (χ0v) is 31.6. The molecule has 0 atom stereocenters. The Morgan fingerprint density at radius 1 is 0.370 bits per heavy atom. The van der Waals surface area contributed by atoms with Crippen LogP contribution in [0.1, 0.15) is 50.7 Å². The molecule has 0 radical (unpaired) electrons. The third-order valence-electron chi connectivity index (χ3n) is 9.49. The first-order valence-corrected chi connectivity index (χ1v) is 24.6. The predicted molar refractivity (Wildman–Crippen MR) is 211 cm³/mol. The van der Waals surface area contributed by atoms with Gasteiger partial charge in [-0.1, -0.05) is 186 Å². The second kappa shape index (κ2) is 14.5. The van der Waals surface area contributed by atoms with Gasteiger partial charge in [0.05, 0.1) is 16.1 Å². The monoisotopic (exact) mass is 638 g/mol. The molecule has 0 saturated carbocycles. The topological polar surface area (TPSA) is 0 Å². The molecule has 5 rings (SSSR count). The lowest BCUT2D eigenvalue weighted by atomic mass is 9.86. The molecule has 0 aliphatic rings. The number of aryl methyl sites for hydroxylation is 2. The fourth-order valence-electron chi connectivity index (χ4n) is 6.38. The van der Waals surface area contributed by atoms with Gasteiger partial charge in [0.1, 0.15) is 0 Å². The standard InChI is InChI=1S/C44H54Si2/c1-9-11-13-39-31-44(38-21-17-34(18-22-38)36-25-29-42(30-26-36)46(6,7)8)40(14-12-10-2)32-43(39)37-19-15-33(16-20-37)35-23-27-41(28-24-35)45(3,4)5/h15-32H,9-14H2,1-8H3. The number of hydrogen-bond acceptors (Lipinski definition) is 0. The zero-order valence-electron chi connectivity index (χ0n) is 29.6. The number of hydrogen-bond donors (Lipinski definition) is 0. The van der Waals surface area contributed by atoms with Crippen molar-refractivity contribution in [2.45, 2.75) is 91.7 Å². The van der Waals surface area contributed by atoms with E-state index in [4.69, 9.17) is 0 Å². The van der Waals surface area contributed by atoms with Crippen LogP contribution in [0.2, 0.25) is 39.3 Å². The van der Waals surface area contributed by atoms with E-state index in [-0.39, 0.29) is 0 Å². The lowest BCUT2D eigenvalue weighted by molar-refractivity contribution is 0.788. The van der Waals surface area contributed by atoms with Gasteiger partial charge in [-0.15, -0.1) is 0 Å². The molecule has 0 bridgehead atoms. The van der Waals surface area contributed by atoms with Crippen molar-refractivity contribution >= 4 is 26.5 Å². The Labute approximate surface area is 282 Å². The molecule has 0 spiro atoms. The summed E-state index contributed by atoms with van der Waals surface area (Å²) in [4.78, 5) is 0. The number of unbranched alkanes of at least 4 members (excludes halogenated alkanes) is 2. The van der Waals surface area contributed by atoms with Gasteiger partial charge in [-0.05, 0) is 81.3 Å². The highest BCUT2D eigenvalue weighted by molar-refractivity contribution is 6.89. The summed E-state index contributed by atoms with van der Waals surface area (Å²) in [5.74, 6) is 0. The maximum Gasteiger partial charge on any atom is 0.0775 e. The van der Waals surface area contributed by atoms with Crippen molar-refractivity contribution in [2.24, 2.45) is 0 Å². The Bertz CT molecular complexity index is 1580. The summed E-state index contributed by atoms with van der Waals surface area (Å²) in [7, 11) is -2.60. The van der Waals surface area contributed by atoms with Gasteiger partial charge in [0.15, 0.2) is 0 Å². The third kappa shape index (κ3) is 8.08. The van der Waals surface area contributed by atoms with E-state index in [2.05, 4.69) is 162 Å². The maximum atomic E-state index is 2.52. The first-order chi connectivity index (χ1) is 22.0. The first kappa shape index (κ1) is 33.9. The van der Waals surface area contributed by atoms with Gasteiger partial charge in [0.25, 0.3) is 0 Å². The van der Waals surface area contributed by atoms with Crippen molar-refractivity contribution in [3.63, 3.8) is 0 Å². The molecule has 0 unspecified atom stereocenters. The molecule has 0 amide bonds. The fourth-order valence-corrected chi connectivity index (χ4v) is 8.72. The number of rotatable bonds is 12. The van der Waals surface area contributed by atoms with Gasteiger partial charge in [-0.3, -0.25) is 0 Å². The van der Waals surface area contributed by atoms with E-state index >= 15 is 0 Å². The lowest BCUT2D eigenvalue weighted by Crippen LogP contribution is -2.37. The smallest absolute Gasteiger partial charge is 0.0656 e. The van der Waals surface area contributed by atoms with E-state index < -0.39 is 16.1 Å². The molecule has 0 nitrogen and oxygen atoms in total. The summed E-state index contributed by atoms with van der Waals surface area (Å²) in [6, 6.07) is 42.3. The fraction of sp³-hybridized carbons (Fsp3) is 0.318. The van der Waals surface area contributed by atoms with Crippen molar-refractivity contribution in [2.75, 3.05) is 0 Å². The molecule has 46 heavy (non-hydrogen) atoms. The van der Waals surface area contributed by atoms with Gasteiger partial charge in [0, 0.05) is 0 Å². The van der Waals surface area contributed by atoms with Gasteiger partial charge in [0.2, 0.25) is 0 Å². The summed E-state index contributed by atoms with van der Waals surface area (Å²) in [6.45, 7) is 19.1. The maximum absolute atomic E-state index is 2.52. The SMILES string of the molecule is CCCCc1cc(-c2ccc(-c3ccc([Si](C)(C)C)cc3)cc2)c(CCCC)cc1-c1ccc(-c2ccc([Si](C)(C)C)cc2)cc1. The van der Waals surface area contributed by atoms with E-state index in [1.807, 2.05) is 0 Å². The molecule has 0 aromatic heterocycles. The average molecular weight is 639 g/mol. The van der Waals surface area contributed by atoms with E-state index in [9.17, 15) is 0 Å². The largest absolute Gasteiger partial charge is 0.0775 e. The van der Waals surface area contributed by atoms with E-state index in [1.165, 1.54) is 91.7 Å². The predicted octanol–water partition coefficient (Wildman–Crippen LogP) is 12.1. The van der Waals surface area contributed by atoms with Crippen LogP contribution >= 0.6 is 0 Å². The Hall–Kier alpha value is -3.47. The zero-order chi connectivity index (χ0) is 32.9. The minimum absolute atomic E-state index is 1.11. The molecular weight excluding hydrogens is 585 g/mol. The molecule has 0 aliphatic heterocycles. The van der Waals surface area contributed by atoms with Crippen LogP contribution in [0.4, 0.5) is 0 Å². The lowest BCUT2D eigenvalue weighted by Gasteiger charge is -2.19. The molecule has 0 saturated heterocycles. The highest BCUT2D eigenvalue weighted by Gasteiger charge is 2.18. The minimum atomic E-state index is -1.30. The summed E-state index contributed by atoms with van der Waals surface area (Å²) < 4.78 is 0. The van der Waals surface area contributed by atoms with Gasteiger partial charge < -0.3 is 0 Å². The number of benzene rings is 5. The normalized spacial score (nSPS) is 12.0. The molecule has 0 heterocycles. The van der Waals surface area contributed by atoms with Crippen LogP contribution < -0.4 is 10.4 Å². The molecule has 5 aromatic carbocycles.